The van der Waals surface area contributed by atoms with Crippen LogP contribution in [-0.4, -0.2) is 51.6 Å². The Balaban J connectivity index is 1.40. The Hall–Kier alpha value is -1.87. The van der Waals surface area contributed by atoms with Gasteiger partial charge < -0.3 is 4.74 Å². The van der Waals surface area contributed by atoms with Gasteiger partial charge in [-0.05, 0) is 25.7 Å². The molecule has 26 heavy (non-hydrogen) atoms. The summed E-state index contributed by atoms with van der Waals surface area (Å²) < 4.78 is 5.69. The third-order valence-electron chi connectivity index (χ3n) is 5.70. The average Bonchev–Trinajstić information content (AvgIpc) is 3.38. The van der Waals surface area contributed by atoms with E-state index in [1.165, 1.54) is 11.3 Å². The van der Waals surface area contributed by atoms with Crippen LogP contribution in [0, 0.1) is 11.8 Å². The molecular weight excluding hydrogens is 356 g/mol. The van der Waals surface area contributed by atoms with Crippen LogP contribution < -0.4 is 5.32 Å². The molecule has 4 atom stereocenters. The first-order valence-corrected chi connectivity index (χ1v) is 9.99. The molecule has 3 aliphatic heterocycles. The maximum absolute atomic E-state index is 12.6. The summed E-state index contributed by atoms with van der Waals surface area (Å²) in [6.45, 7) is 3.91. The normalized spacial score (nSPS) is 29.7. The lowest BCUT2D eigenvalue weighted by Gasteiger charge is -2.16. The largest absolute Gasteiger partial charge is 0.373 e. The molecule has 0 spiro atoms. The minimum absolute atomic E-state index is 0.166. The van der Waals surface area contributed by atoms with E-state index < -0.39 is 17.7 Å². The van der Waals surface area contributed by atoms with Gasteiger partial charge in [-0.25, -0.2) is 0 Å². The molecule has 140 valence electrons. The first-order chi connectivity index (χ1) is 12.5. The number of anilines is 1. The van der Waals surface area contributed by atoms with Gasteiger partial charge in [-0.3, -0.25) is 24.6 Å². The summed E-state index contributed by atoms with van der Waals surface area (Å²) >= 11 is 1.34. The fourth-order valence-electron chi connectivity index (χ4n) is 4.32. The maximum atomic E-state index is 12.6. The molecule has 4 heterocycles. The van der Waals surface area contributed by atoms with Crippen LogP contribution in [0.5, 0.6) is 0 Å². The number of hydrogen-bond donors (Lipinski definition) is 1. The molecule has 4 unspecified atom stereocenters. The van der Waals surface area contributed by atoms with E-state index in [1.54, 1.807) is 0 Å². The van der Waals surface area contributed by atoms with E-state index in [1.807, 2.05) is 0 Å². The number of hydrogen-bond acceptors (Lipinski definition) is 7. The molecule has 1 aromatic rings. The molecule has 2 bridgehead atoms. The summed E-state index contributed by atoms with van der Waals surface area (Å²) in [5.41, 5.74) is 0. The second kappa shape index (κ2) is 6.70. The summed E-state index contributed by atoms with van der Waals surface area (Å²) in [7, 11) is 0. The van der Waals surface area contributed by atoms with Crippen molar-refractivity contribution in [1.29, 1.82) is 0 Å². The highest BCUT2D eigenvalue weighted by Gasteiger charge is 2.62. The zero-order chi connectivity index (χ0) is 18.4. The first-order valence-electron chi connectivity index (χ1n) is 9.17. The molecule has 3 amide bonds. The van der Waals surface area contributed by atoms with Crippen molar-refractivity contribution in [3.63, 3.8) is 0 Å². The second-order valence-corrected chi connectivity index (χ2v) is 8.12. The van der Waals surface area contributed by atoms with E-state index in [0.29, 0.717) is 11.0 Å². The molecule has 9 heteroatoms. The summed E-state index contributed by atoms with van der Waals surface area (Å²) in [5, 5.41) is 12.1. The highest BCUT2D eigenvalue weighted by atomic mass is 32.1. The van der Waals surface area contributed by atoms with E-state index in [-0.39, 0.29) is 30.6 Å². The molecule has 3 fully saturated rings. The highest BCUT2D eigenvalue weighted by Crippen LogP contribution is 2.48. The molecule has 0 aliphatic carbocycles. The maximum Gasteiger partial charge on any atom is 0.246 e. The zero-order valence-electron chi connectivity index (χ0n) is 14.8. The molecule has 1 N–H and O–H groups in total. The second-order valence-electron chi connectivity index (χ2n) is 7.11. The van der Waals surface area contributed by atoms with E-state index >= 15 is 0 Å². The molecule has 4 rings (SSSR count). The minimum atomic E-state index is -0.424. The van der Waals surface area contributed by atoms with Gasteiger partial charge in [0.1, 0.15) is 11.6 Å². The van der Waals surface area contributed by atoms with Crippen LogP contribution in [0.25, 0.3) is 0 Å². The van der Waals surface area contributed by atoms with Crippen LogP contribution in [0.4, 0.5) is 5.13 Å². The van der Waals surface area contributed by atoms with Gasteiger partial charge >= 0.3 is 0 Å². The van der Waals surface area contributed by atoms with E-state index in [4.69, 9.17) is 4.74 Å². The van der Waals surface area contributed by atoms with Gasteiger partial charge in [0.05, 0.1) is 24.0 Å². The van der Waals surface area contributed by atoms with Crippen molar-refractivity contribution < 1.29 is 19.1 Å². The highest BCUT2D eigenvalue weighted by molar-refractivity contribution is 7.15. The van der Waals surface area contributed by atoms with Crippen molar-refractivity contribution in [3.05, 3.63) is 5.01 Å². The number of likely N-dealkylation sites (tertiary alicyclic amines) is 1. The van der Waals surface area contributed by atoms with Crippen molar-refractivity contribution in [2.45, 2.75) is 57.7 Å². The number of imide groups is 1. The number of aromatic nitrogens is 2. The molecule has 0 radical (unpaired) electrons. The lowest BCUT2D eigenvalue weighted by molar-refractivity contribution is -0.145. The van der Waals surface area contributed by atoms with Gasteiger partial charge in [0.25, 0.3) is 0 Å². The predicted molar refractivity (Wildman–Crippen MR) is 93.5 cm³/mol. The number of fused-ring (bicyclic) bond motifs is 5. The van der Waals surface area contributed by atoms with E-state index in [2.05, 4.69) is 29.4 Å². The van der Waals surface area contributed by atoms with Crippen molar-refractivity contribution in [2.24, 2.45) is 11.8 Å². The predicted octanol–water partition coefficient (Wildman–Crippen LogP) is 1.54. The molecule has 3 saturated heterocycles. The fourth-order valence-corrected chi connectivity index (χ4v) is 5.35. The quantitative estimate of drug-likeness (QED) is 0.754. The van der Waals surface area contributed by atoms with Crippen LogP contribution in [0.1, 0.15) is 50.5 Å². The van der Waals surface area contributed by atoms with Crippen LogP contribution in [0.3, 0.4) is 0 Å². The Labute approximate surface area is 155 Å². The van der Waals surface area contributed by atoms with Gasteiger partial charge in [-0.1, -0.05) is 25.2 Å². The number of carbonyl (C=O) groups excluding carboxylic acids is 3. The molecule has 0 aromatic carbocycles. The molecule has 8 nitrogen and oxygen atoms in total. The monoisotopic (exact) mass is 378 g/mol. The molecule has 1 aromatic heterocycles. The first kappa shape index (κ1) is 17.5. The molecule has 3 aliphatic rings. The van der Waals surface area contributed by atoms with Gasteiger partial charge in [0.2, 0.25) is 22.9 Å². The number of carbonyl (C=O) groups is 3. The number of amides is 3. The SMILES string of the molecule is CCC(CC)c1nnc(NC(=O)CN2C(=O)C3C4CCC(O4)C3C2=O)s1. The van der Waals surface area contributed by atoms with Gasteiger partial charge in [0.15, 0.2) is 0 Å². The number of nitrogens with one attached hydrogen (secondary N) is 1. The van der Waals surface area contributed by atoms with E-state index in [9.17, 15) is 14.4 Å². The Kier molecular flexibility index (Phi) is 4.52. The smallest absolute Gasteiger partial charge is 0.246 e. The molecule has 0 saturated carbocycles. The van der Waals surface area contributed by atoms with E-state index in [0.717, 1.165) is 35.6 Å². The third-order valence-corrected chi connectivity index (χ3v) is 6.70. The minimum Gasteiger partial charge on any atom is -0.373 e. The van der Waals surface area contributed by atoms with Gasteiger partial charge in [-0.15, -0.1) is 10.2 Å². The Morgan fingerprint density at radius 1 is 1.19 bits per heavy atom. The van der Waals surface area contributed by atoms with Crippen molar-refractivity contribution >= 4 is 34.2 Å². The van der Waals surface area contributed by atoms with Crippen molar-refractivity contribution in [2.75, 3.05) is 11.9 Å². The Morgan fingerprint density at radius 3 is 2.38 bits per heavy atom. The fraction of sp³-hybridized carbons (Fsp3) is 0.706. The Morgan fingerprint density at radius 2 is 1.81 bits per heavy atom. The number of nitrogens with zero attached hydrogens (tertiary/aromatic N) is 3. The summed E-state index contributed by atoms with van der Waals surface area (Å²) in [6, 6.07) is 0. The van der Waals surface area contributed by atoms with Crippen LogP contribution >= 0.6 is 11.3 Å². The summed E-state index contributed by atoms with van der Waals surface area (Å²) in [6.07, 6.45) is 3.22. The van der Waals surface area contributed by atoms with Gasteiger partial charge in [-0.2, -0.15) is 0 Å². The lowest BCUT2D eigenvalue weighted by atomic mass is 9.81. The standard InChI is InChI=1S/C17H22N4O4S/c1-3-8(4-2)14-19-20-17(26-14)18-11(22)7-21-15(23)12-9-5-6-10(25-9)13(12)16(21)24/h8-10,12-13H,3-7H2,1-2H3,(H,18,20,22). The number of ether oxygens (including phenoxy) is 1. The lowest BCUT2D eigenvalue weighted by Crippen LogP contribution is -2.40. The molecular formula is C17H22N4O4S. The van der Waals surface area contributed by atoms with Crippen molar-refractivity contribution in [1.82, 2.24) is 15.1 Å². The Bertz CT molecular complexity index is 719. The number of rotatable bonds is 6. The van der Waals surface area contributed by atoms with Crippen LogP contribution in [0.2, 0.25) is 0 Å². The third kappa shape index (κ3) is 2.73. The summed E-state index contributed by atoms with van der Waals surface area (Å²) in [4.78, 5) is 38.5. The van der Waals surface area contributed by atoms with Crippen molar-refractivity contribution in [3.8, 4) is 0 Å². The van der Waals surface area contributed by atoms with Crippen LogP contribution in [0.15, 0.2) is 0 Å². The van der Waals surface area contributed by atoms with Crippen LogP contribution in [-0.2, 0) is 19.1 Å². The zero-order valence-corrected chi connectivity index (χ0v) is 15.6. The topological polar surface area (TPSA) is 101 Å². The van der Waals surface area contributed by atoms with Gasteiger partial charge in [0, 0.05) is 5.92 Å². The summed E-state index contributed by atoms with van der Waals surface area (Å²) in [5.74, 6) is -1.47. The average molecular weight is 378 g/mol.